The van der Waals surface area contributed by atoms with E-state index < -0.39 is 0 Å². The van der Waals surface area contributed by atoms with Crippen molar-refractivity contribution in [2.45, 2.75) is 0 Å². The molecule has 5 nitrogen and oxygen atoms in total. The highest BCUT2D eigenvalue weighted by Crippen LogP contribution is 2.17. The fourth-order valence-electron chi connectivity index (χ4n) is 1.27. The minimum absolute atomic E-state index is 0.512. The predicted octanol–water partition coefficient (Wildman–Crippen LogP) is 2.27. The molecular formula is C11H14N5+. The molecule has 0 aliphatic carbocycles. The molecule has 82 valence electrons. The maximum atomic E-state index is 5.58. The summed E-state index contributed by atoms with van der Waals surface area (Å²) in [6.45, 7) is 0. The third kappa shape index (κ3) is 2.14. The number of quaternary nitrogens is 1. The van der Waals surface area contributed by atoms with Crippen molar-refractivity contribution in [3.63, 3.8) is 0 Å². The van der Waals surface area contributed by atoms with Gasteiger partial charge in [0, 0.05) is 5.69 Å². The molecule has 2 rings (SSSR count). The van der Waals surface area contributed by atoms with Gasteiger partial charge in [-0.05, 0) is 24.3 Å². The van der Waals surface area contributed by atoms with Gasteiger partial charge in [-0.25, -0.2) is 4.48 Å². The molecule has 0 fully saturated rings. The molecule has 1 aliphatic heterocycles. The first-order valence-electron chi connectivity index (χ1n) is 4.95. The molecule has 1 aliphatic rings. The van der Waals surface area contributed by atoms with Crippen LogP contribution < -0.4 is 5.73 Å². The number of rotatable bonds is 1. The summed E-state index contributed by atoms with van der Waals surface area (Å²) in [6.07, 6.45) is 3.68. The second kappa shape index (κ2) is 3.86. The Labute approximate surface area is 94.2 Å². The van der Waals surface area contributed by atoms with Crippen molar-refractivity contribution in [3.8, 4) is 0 Å². The van der Waals surface area contributed by atoms with Crippen LogP contribution in [0.1, 0.15) is 0 Å². The van der Waals surface area contributed by atoms with Crippen molar-refractivity contribution in [3.05, 3.63) is 36.7 Å². The van der Waals surface area contributed by atoms with Gasteiger partial charge >= 0.3 is 5.96 Å². The molecule has 0 atom stereocenters. The number of aliphatic imine (C=N–C) groups is 1. The summed E-state index contributed by atoms with van der Waals surface area (Å²) in [4.78, 5) is 4.14. The molecular weight excluding hydrogens is 202 g/mol. The van der Waals surface area contributed by atoms with Crippen molar-refractivity contribution in [2.75, 3.05) is 19.8 Å². The molecule has 1 heterocycles. The second-order valence-electron chi connectivity index (χ2n) is 4.06. The summed E-state index contributed by atoms with van der Waals surface area (Å²) in [7, 11) is 3.98. The van der Waals surface area contributed by atoms with Gasteiger partial charge < -0.3 is 5.73 Å². The number of hydrogen-bond donors (Lipinski definition) is 1. The molecule has 16 heavy (non-hydrogen) atoms. The highest BCUT2D eigenvalue weighted by molar-refractivity contribution is 5.76. The zero-order chi connectivity index (χ0) is 11.6. The minimum atomic E-state index is 0.512. The highest BCUT2D eigenvalue weighted by atomic mass is 15.4. The SMILES string of the molecule is C[N+]1(C)C=CN=C1N=Nc1ccc(N)cc1. The Morgan fingerprint density at radius 3 is 2.38 bits per heavy atom. The number of nitrogen functional groups attached to an aromatic ring is 1. The van der Waals surface area contributed by atoms with Crippen LogP contribution in [0.15, 0.2) is 51.9 Å². The number of nitrogens with zero attached hydrogens (tertiary/aromatic N) is 4. The van der Waals surface area contributed by atoms with E-state index in [1.807, 2.05) is 32.4 Å². The molecule has 0 radical (unpaired) electrons. The minimum Gasteiger partial charge on any atom is -0.399 e. The zero-order valence-electron chi connectivity index (χ0n) is 9.33. The Hall–Kier alpha value is -2.01. The van der Waals surface area contributed by atoms with Crippen LogP contribution >= 0.6 is 0 Å². The van der Waals surface area contributed by atoms with Crippen LogP contribution in [0.5, 0.6) is 0 Å². The standard InChI is InChI=1S/C11H14N5/c1-16(2)8-7-13-11(16)15-14-10-5-3-9(12)4-6-10/h3-8H,12H2,1-2H3/q+1. The maximum absolute atomic E-state index is 5.58. The van der Waals surface area contributed by atoms with Crippen LogP contribution in [0, 0.1) is 0 Å². The van der Waals surface area contributed by atoms with Gasteiger partial charge in [0.05, 0.1) is 26.0 Å². The topological polar surface area (TPSA) is 63.1 Å². The number of guanidine groups is 1. The Morgan fingerprint density at radius 1 is 1.12 bits per heavy atom. The molecule has 1 aromatic carbocycles. The van der Waals surface area contributed by atoms with Crippen molar-refractivity contribution >= 4 is 17.3 Å². The van der Waals surface area contributed by atoms with E-state index in [2.05, 4.69) is 15.2 Å². The number of anilines is 1. The Balaban J connectivity index is 2.14. The van der Waals surface area contributed by atoms with Gasteiger partial charge in [0.2, 0.25) is 0 Å². The van der Waals surface area contributed by atoms with E-state index in [-0.39, 0.29) is 0 Å². The van der Waals surface area contributed by atoms with Crippen LogP contribution in [0.3, 0.4) is 0 Å². The molecule has 0 amide bonds. The molecule has 0 saturated carbocycles. The molecule has 0 spiro atoms. The Morgan fingerprint density at radius 2 is 1.81 bits per heavy atom. The molecule has 1 aromatic rings. The van der Waals surface area contributed by atoms with Gasteiger partial charge in [0.15, 0.2) is 0 Å². The zero-order valence-corrected chi connectivity index (χ0v) is 9.33. The fourth-order valence-corrected chi connectivity index (χ4v) is 1.27. The summed E-state index contributed by atoms with van der Waals surface area (Å²) in [6, 6.07) is 7.23. The molecule has 0 bridgehead atoms. The average molecular weight is 216 g/mol. The lowest BCUT2D eigenvalue weighted by Gasteiger charge is -2.16. The van der Waals surface area contributed by atoms with Gasteiger partial charge in [0.1, 0.15) is 6.20 Å². The van der Waals surface area contributed by atoms with Gasteiger partial charge in [0.25, 0.3) is 0 Å². The monoisotopic (exact) mass is 216 g/mol. The van der Waals surface area contributed by atoms with Crippen molar-refractivity contribution in [1.82, 2.24) is 0 Å². The fraction of sp³-hybridized carbons (Fsp3) is 0.182. The lowest BCUT2D eigenvalue weighted by atomic mass is 10.3. The summed E-state index contributed by atoms with van der Waals surface area (Å²) < 4.78 is 0.512. The van der Waals surface area contributed by atoms with Gasteiger partial charge in [-0.15, -0.1) is 5.11 Å². The van der Waals surface area contributed by atoms with Crippen LogP contribution in [0.25, 0.3) is 0 Å². The van der Waals surface area contributed by atoms with Crippen LogP contribution in [-0.2, 0) is 0 Å². The summed E-state index contributed by atoms with van der Waals surface area (Å²) >= 11 is 0. The van der Waals surface area contributed by atoms with E-state index in [9.17, 15) is 0 Å². The average Bonchev–Trinajstić information content (AvgIpc) is 2.57. The van der Waals surface area contributed by atoms with Crippen molar-refractivity contribution in [1.29, 1.82) is 0 Å². The van der Waals surface area contributed by atoms with E-state index in [0.717, 1.165) is 11.4 Å². The van der Waals surface area contributed by atoms with E-state index in [4.69, 9.17) is 5.73 Å². The first-order chi connectivity index (χ1) is 7.58. The predicted molar refractivity (Wildman–Crippen MR) is 64.1 cm³/mol. The summed E-state index contributed by atoms with van der Waals surface area (Å²) in [5.74, 6) is 0.664. The van der Waals surface area contributed by atoms with Gasteiger partial charge in [-0.2, -0.15) is 4.99 Å². The Kier molecular flexibility index (Phi) is 2.54. The third-order valence-corrected chi connectivity index (χ3v) is 2.29. The van der Waals surface area contributed by atoms with E-state index in [1.54, 1.807) is 18.3 Å². The normalized spacial score (nSPS) is 18.0. The van der Waals surface area contributed by atoms with Crippen molar-refractivity contribution < 1.29 is 4.48 Å². The quantitative estimate of drug-likeness (QED) is 0.437. The van der Waals surface area contributed by atoms with E-state index in [1.165, 1.54) is 0 Å². The van der Waals surface area contributed by atoms with Crippen LogP contribution in [0.2, 0.25) is 0 Å². The highest BCUT2D eigenvalue weighted by Gasteiger charge is 2.25. The lowest BCUT2D eigenvalue weighted by molar-refractivity contribution is -0.741. The lowest BCUT2D eigenvalue weighted by Crippen LogP contribution is -2.36. The molecule has 5 heteroatoms. The number of nitrogens with two attached hydrogens (primary N) is 1. The molecule has 0 unspecified atom stereocenters. The molecule has 2 N–H and O–H groups in total. The van der Waals surface area contributed by atoms with Gasteiger partial charge in [-0.3, -0.25) is 0 Å². The summed E-state index contributed by atoms with van der Waals surface area (Å²) in [5.41, 5.74) is 7.06. The number of hydrogen-bond acceptors (Lipinski definition) is 4. The maximum Gasteiger partial charge on any atom is 0.352 e. The third-order valence-electron chi connectivity index (χ3n) is 2.29. The summed E-state index contributed by atoms with van der Waals surface area (Å²) in [5, 5.41) is 8.23. The molecule has 0 saturated heterocycles. The number of benzene rings is 1. The smallest absolute Gasteiger partial charge is 0.352 e. The Bertz CT molecular complexity index is 468. The van der Waals surface area contributed by atoms with E-state index in [0.29, 0.717) is 10.4 Å². The first-order valence-corrected chi connectivity index (χ1v) is 4.95. The van der Waals surface area contributed by atoms with E-state index >= 15 is 0 Å². The van der Waals surface area contributed by atoms with Crippen LogP contribution in [0.4, 0.5) is 11.4 Å². The van der Waals surface area contributed by atoms with Crippen molar-refractivity contribution in [2.24, 2.45) is 15.2 Å². The first kappa shape index (κ1) is 10.5. The van der Waals surface area contributed by atoms with Crippen LogP contribution in [-0.4, -0.2) is 24.5 Å². The molecule has 0 aromatic heterocycles. The number of azo groups is 1. The largest absolute Gasteiger partial charge is 0.399 e. The second-order valence-corrected chi connectivity index (χ2v) is 4.06. The van der Waals surface area contributed by atoms with Gasteiger partial charge in [-0.1, -0.05) is 5.11 Å².